The van der Waals surface area contributed by atoms with Gasteiger partial charge in [-0.15, -0.1) is 0 Å². The Morgan fingerprint density at radius 2 is 1.49 bits per heavy atom. The van der Waals surface area contributed by atoms with Crippen molar-refractivity contribution in [3.63, 3.8) is 0 Å². The van der Waals surface area contributed by atoms with Crippen molar-refractivity contribution >= 4 is 27.5 Å². The second-order valence-corrected chi connectivity index (χ2v) is 11.9. The van der Waals surface area contributed by atoms with E-state index in [-0.39, 0.29) is 17.2 Å². The van der Waals surface area contributed by atoms with Crippen LogP contribution in [0.2, 0.25) is 0 Å². The zero-order chi connectivity index (χ0) is 30.4. The van der Waals surface area contributed by atoms with Crippen LogP contribution in [0.5, 0.6) is 5.75 Å². The van der Waals surface area contributed by atoms with Crippen LogP contribution in [0.1, 0.15) is 33.2 Å². The second-order valence-electron chi connectivity index (χ2n) is 10.2. The van der Waals surface area contributed by atoms with Crippen LogP contribution < -0.4 is 14.4 Å². The summed E-state index contributed by atoms with van der Waals surface area (Å²) in [5.41, 5.74) is 3.06. The van der Waals surface area contributed by atoms with Gasteiger partial charge in [0, 0.05) is 48.6 Å². The summed E-state index contributed by atoms with van der Waals surface area (Å²) in [6.45, 7) is 4.44. The topological polar surface area (TPSA) is 96.0 Å². The Labute approximate surface area is 250 Å². The number of rotatable bonds is 9. The summed E-state index contributed by atoms with van der Waals surface area (Å²) < 4.78 is 47.4. The molecule has 4 aromatic rings. The largest absolute Gasteiger partial charge is 0.494 e. The highest BCUT2D eigenvalue weighted by molar-refractivity contribution is 7.89. The molecule has 5 rings (SSSR count). The molecule has 0 radical (unpaired) electrons. The van der Waals surface area contributed by atoms with Gasteiger partial charge in [-0.2, -0.15) is 0 Å². The van der Waals surface area contributed by atoms with Crippen molar-refractivity contribution in [3.8, 4) is 16.9 Å². The van der Waals surface area contributed by atoms with Gasteiger partial charge in [0.1, 0.15) is 11.6 Å². The molecule has 0 bridgehead atoms. The maximum Gasteiger partial charge on any atom is 0.264 e. The van der Waals surface area contributed by atoms with E-state index in [2.05, 4.69) is 9.62 Å². The van der Waals surface area contributed by atoms with Gasteiger partial charge >= 0.3 is 0 Å². The van der Waals surface area contributed by atoms with Crippen LogP contribution in [-0.4, -0.2) is 57.9 Å². The number of nitrogens with zero attached hydrogens (tertiary/aromatic N) is 2. The lowest BCUT2D eigenvalue weighted by Crippen LogP contribution is -2.48. The number of carbonyl (C=O) groups is 2. The van der Waals surface area contributed by atoms with E-state index in [4.69, 9.17) is 4.74 Å². The van der Waals surface area contributed by atoms with Crippen molar-refractivity contribution in [2.45, 2.75) is 12.7 Å². The minimum Gasteiger partial charge on any atom is -0.494 e. The molecule has 0 spiro atoms. The highest BCUT2D eigenvalue weighted by Crippen LogP contribution is 2.27. The van der Waals surface area contributed by atoms with E-state index in [1.807, 2.05) is 6.92 Å². The molecule has 43 heavy (non-hydrogen) atoms. The molecule has 1 saturated heterocycles. The first-order valence-electron chi connectivity index (χ1n) is 14.0. The molecule has 1 N–H and O–H groups in total. The molecule has 1 aliphatic heterocycles. The van der Waals surface area contributed by atoms with Crippen molar-refractivity contribution in [1.82, 2.24) is 9.62 Å². The van der Waals surface area contributed by atoms with Gasteiger partial charge in [-0.1, -0.05) is 48.5 Å². The first-order chi connectivity index (χ1) is 20.7. The normalized spacial score (nSPS) is 13.4. The zero-order valence-electron chi connectivity index (χ0n) is 23.7. The van der Waals surface area contributed by atoms with E-state index in [0.29, 0.717) is 60.8 Å². The van der Waals surface area contributed by atoms with Crippen LogP contribution in [0.15, 0.2) is 97.1 Å². The Kier molecular flexibility index (Phi) is 9.06. The molecule has 2 amide bonds. The van der Waals surface area contributed by atoms with Gasteiger partial charge < -0.3 is 14.5 Å². The third-order valence-electron chi connectivity index (χ3n) is 7.20. The number of piperazine rings is 1. The number of nitrogens with one attached hydrogen (secondary N) is 1. The van der Waals surface area contributed by atoms with E-state index in [1.165, 1.54) is 6.07 Å². The van der Waals surface area contributed by atoms with Crippen LogP contribution in [0.25, 0.3) is 11.1 Å². The summed E-state index contributed by atoms with van der Waals surface area (Å²) in [7, 11) is -3.85. The molecule has 0 saturated carbocycles. The summed E-state index contributed by atoms with van der Waals surface area (Å²) in [4.78, 5) is 29.5. The molecule has 1 fully saturated rings. The Hall–Kier alpha value is -4.70. The molecule has 1 heterocycles. The first-order valence-corrected chi connectivity index (χ1v) is 15.6. The molecule has 0 unspecified atom stereocenters. The third-order valence-corrected chi connectivity index (χ3v) is 8.41. The van der Waals surface area contributed by atoms with Gasteiger partial charge in [-0.25, -0.2) is 17.5 Å². The van der Waals surface area contributed by atoms with Crippen molar-refractivity contribution in [1.29, 1.82) is 0 Å². The van der Waals surface area contributed by atoms with E-state index < -0.39 is 21.7 Å². The number of sulfonamides is 1. The number of halogens is 1. The fourth-order valence-electron chi connectivity index (χ4n) is 4.98. The molecule has 0 aliphatic carbocycles. The second kappa shape index (κ2) is 13.1. The fourth-order valence-corrected chi connectivity index (χ4v) is 6.09. The van der Waals surface area contributed by atoms with Crippen LogP contribution in [0, 0.1) is 5.82 Å². The SMILES string of the molecule is CCOc1ccc(-c2ccc(C(=O)N3CCN(c4ccc(C(=O)NS(=O)(=O)Cc5ccccc5)cc4)CC3)cc2F)cc1. The summed E-state index contributed by atoms with van der Waals surface area (Å²) >= 11 is 0. The van der Waals surface area contributed by atoms with E-state index in [0.717, 1.165) is 5.69 Å². The van der Waals surface area contributed by atoms with Crippen molar-refractivity contribution < 1.29 is 27.1 Å². The zero-order valence-corrected chi connectivity index (χ0v) is 24.5. The molecule has 10 heteroatoms. The molecule has 8 nitrogen and oxygen atoms in total. The van der Waals surface area contributed by atoms with Crippen LogP contribution in [0.3, 0.4) is 0 Å². The fraction of sp³-hybridized carbons (Fsp3) is 0.212. The van der Waals surface area contributed by atoms with E-state index in [1.54, 1.807) is 95.9 Å². The predicted molar refractivity (Wildman–Crippen MR) is 164 cm³/mol. The molecule has 0 atom stereocenters. The molecule has 1 aliphatic rings. The van der Waals surface area contributed by atoms with E-state index >= 15 is 4.39 Å². The van der Waals surface area contributed by atoms with Crippen molar-refractivity contribution in [2.24, 2.45) is 0 Å². The number of carbonyl (C=O) groups excluding carboxylic acids is 2. The van der Waals surface area contributed by atoms with Crippen LogP contribution in [-0.2, 0) is 15.8 Å². The minimum atomic E-state index is -3.85. The molecular weight excluding hydrogens is 569 g/mol. The van der Waals surface area contributed by atoms with Crippen LogP contribution in [0.4, 0.5) is 10.1 Å². The van der Waals surface area contributed by atoms with Gasteiger partial charge in [-0.3, -0.25) is 9.59 Å². The third kappa shape index (κ3) is 7.39. The quantitative estimate of drug-likeness (QED) is 0.286. The van der Waals surface area contributed by atoms with E-state index in [9.17, 15) is 18.0 Å². The Balaban J connectivity index is 1.15. The lowest BCUT2D eigenvalue weighted by Gasteiger charge is -2.36. The van der Waals surface area contributed by atoms with Gasteiger partial charge in [-0.05, 0) is 66.6 Å². The summed E-state index contributed by atoms with van der Waals surface area (Å²) in [6.07, 6.45) is 0. The number of amides is 2. The number of benzene rings is 4. The lowest BCUT2D eigenvalue weighted by molar-refractivity contribution is 0.0746. The minimum absolute atomic E-state index is 0.227. The van der Waals surface area contributed by atoms with Crippen molar-refractivity contribution in [3.05, 3.63) is 120 Å². The predicted octanol–water partition coefficient (Wildman–Crippen LogP) is 5.11. The molecule has 222 valence electrons. The molecule has 4 aromatic carbocycles. The highest BCUT2D eigenvalue weighted by Gasteiger charge is 2.24. The Morgan fingerprint density at radius 3 is 2.12 bits per heavy atom. The number of hydrogen-bond donors (Lipinski definition) is 1. The maximum absolute atomic E-state index is 15.0. The monoisotopic (exact) mass is 601 g/mol. The average Bonchev–Trinajstić information content (AvgIpc) is 3.01. The average molecular weight is 602 g/mol. The van der Waals surface area contributed by atoms with Gasteiger partial charge in [0.05, 0.1) is 12.4 Å². The first kappa shape index (κ1) is 29.8. The van der Waals surface area contributed by atoms with Gasteiger partial charge in [0.25, 0.3) is 11.8 Å². The smallest absolute Gasteiger partial charge is 0.264 e. The van der Waals surface area contributed by atoms with Gasteiger partial charge in [0.2, 0.25) is 10.0 Å². The standard InChI is InChI=1S/C33H32FN3O5S/c1-2-42-29-15-10-25(11-16-29)30-17-12-27(22-31(30)34)33(39)37-20-18-36(19-21-37)28-13-8-26(9-14-28)32(38)35-43(40,41)23-24-6-4-3-5-7-24/h3-17,22H,2,18-21,23H2,1H3,(H,35,38). The molecular formula is C33H32FN3O5S. The van der Waals surface area contributed by atoms with Crippen molar-refractivity contribution in [2.75, 3.05) is 37.7 Å². The Bertz CT molecular complexity index is 1690. The molecule has 0 aromatic heterocycles. The number of ether oxygens (including phenoxy) is 1. The maximum atomic E-state index is 15.0. The summed E-state index contributed by atoms with van der Waals surface area (Å²) in [6, 6.07) is 27.0. The number of hydrogen-bond acceptors (Lipinski definition) is 6. The summed E-state index contributed by atoms with van der Waals surface area (Å²) in [5.74, 6) is -0.978. The lowest BCUT2D eigenvalue weighted by atomic mass is 10.0. The number of anilines is 1. The summed E-state index contributed by atoms with van der Waals surface area (Å²) in [5, 5.41) is 0. The van der Waals surface area contributed by atoms with Gasteiger partial charge in [0.15, 0.2) is 0 Å². The highest BCUT2D eigenvalue weighted by atomic mass is 32.2. The Morgan fingerprint density at radius 1 is 0.837 bits per heavy atom. The van der Waals surface area contributed by atoms with Crippen LogP contribution >= 0.6 is 0 Å².